The molecule has 2 atom stereocenters. The molecule has 168 valence electrons. The number of halogens is 1. The minimum atomic E-state index is -3.77. The topological polar surface area (TPSA) is 84.3 Å². The van der Waals surface area contributed by atoms with Crippen molar-refractivity contribution >= 4 is 10.0 Å². The number of aliphatic hydroxyl groups excluding tert-OH is 1. The Morgan fingerprint density at radius 1 is 0.968 bits per heavy atom. The highest BCUT2D eigenvalue weighted by molar-refractivity contribution is 7.89. The number of piperazine rings is 1. The molecule has 2 aliphatic rings. The smallest absolute Gasteiger partial charge is 0.243 e. The van der Waals surface area contributed by atoms with E-state index in [1.54, 1.807) is 30.3 Å². The SMILES string of the molecule is O=S(=O)(c1ccccc1)N1C[C@@H](O)[C@](O)(CN2CCN(Cc3ccc(F)cc3)CC2)C1. The van der Waals surface area contributed by atoms with Gasteiger partial charge in [-0.05, 0) is 29.8 Å². The fraction of sp³-hybridized carbons (Fsp3) is 0.455. The van der Waals surface area contributed by atoms with Crippen molar-refractivity contribution in [3.05, 3.63) is 66.0 Å². The van der Waals surface area contributed by atoms with Crippen LogP contribution in [0.3, 0.4) is 0 Å². The van der Waals surface area contributed by atoms with Crippen LogP contribution >= 0.6 is 0 Å². The van der Waals surface area contributed by atoms with Gasteiger partial charge in [0.1, 0.15) is 11.4 Å². The van der Waals surface area contributed by atoms with E-state index in [1.807, 2.05) is 0 Å². The molecular formula is C22H28FN3O4S. The molecule has 2 heterocycles. The van der Waals surface area contributed by atoms with Crippen molar-refractivity contribution in [3.8, 4) is 0 Å². The molecule has 0 spiro atoms. The first kappa shape index (κ1) is 22.3. The Kier molecular flexibility index (Phi) is 6.43. The van der Waals surface area contributed by atoms with Gasteiger partial charge >= 0.3 is 0 Å². The number of sulfonamides is 1. The molecule has 0 aliphatic carbocycles. The normalized spacial score (nSPS) is 26.4. The Labute approximate surface area is 182 Å². The minimum Gasteiger partial charge on any atom is -0.389 e. The van der Waals surface area contributed by atoms with Crippen molar-refractivity contribution < 1.29 is 23.0 Å². The van der Waals surface area contributed by atoms with E-state index >= 15 is 0 Å². The first-order valence-corrected chi connectivity index (χ1v) is 11.9. The number of hydrogen-bond acceptors (Lipinski definition) is 6. The van der Waals surface area contributed by atoms with Crippen LogP contribution in [0.25, 0.3) is 0 Å². The second-order valence-corrected chi connectivity index (χ2v) is 10.3. The van der Waals surface area contributed by atoms with Gasteiger partial charge in [0.25, 0.3) is 0 Å². The number of β-amino-alcohol motifs (C(OH)–C–C–N with tert-alkyl or cyclic N) is 2. The molecule has 9 heteroatoms. The summed E-state index contributed by atoms with van der Waals surface area (Å²) >= 11 is 0. The van der Waals surface area contributed by atoms with Crippen LogP contribution in [0.15, 0.2) is 59.5 Å². The first-order valence-electron chi connectivity index (χ1n) is 10.4. The standard InChI is InChI=1S/C22H28FN3O4S/c23-19-8-6-18(7-9-19)14-24-10-12-25(13-11-24)16-22(28)17-26(15-21(22)27)31(29,30)20-4-2-1-3-5-20/h1-9,21,27-28H,10-17H2/t21-,22+/m1/s1. The fourth-order valence-electron chi connectivity index (χ4n) is 4.26. The zero-order valence-electron chi connectivity index (χ0n) is 17.3. The molecule has 2 aromatic rings. The van der Waals surface area contributed by atoms with Gasteiger partial charge in [-0.25, -0.2) is 12.8 Å². The van der Waals surface area contributed by atoms with E-state index in [-0.39, 0.29) is 30.3 Å². The van der Waals surface area contributed by atoms with Crippen LogP contribution in [-0.2, 0) is 16.6 Å². The third kappa shape index (κ3) is 4.97. The molecule has 2 aliphatic heterocycles. The van der Waals surface area contributed by atoms with Crippen LogP contribution < -0.4 is 0 Å². The summed E-state index contributed by atoms with van der Waals surface area (Å²) in [5.41, 5.74) is -0.470. The maximum Gasteiger partial charge on any atom is 0.243 e. The van der Waals surface area contributed by atoms with E-state index in [4.69, 9.17) is 0 Å². The summed E-state index contributed by atoms with van der Waals surface area (Å²) in [5.74, 6) is -0.250. The van der Waals surface area contributed by atoms with Gasteiger partial charge in [0.15, 0.2) is 0 Å². The van der Waals surface area contributed by atoms with Crippen LogP contribution in [0.1, 0.15) is 5.56 Å². The summed E-state index contributed by atoms with van der Waals surface area (Å²) in [6.07, 6.45) is -1.15. The summed E-state index contributed by atoms with van der Waals surface area (Å²) in [7, 11) is -3.77. The van der Waals surface area contributed by atoms with Gasteiger partial charge in [0.05, 0.1) is 11.0 Å². The lowest BCUT2D eigenvalue weighted by atomic mass is 9.99. The lowest BCUT2D eigenvalue weighted by Gasteiger charge is -2.39. The summed E-state index contributed by atoms with van der Waals surface area (Å²) in [4.78, 5) is 4.47. The van der Waals surface area contributed by atoms with Crippen LogP contribution in [-0.4, -0.2) is 90.3 Å². The van der Waals surface area contributed by atoms with Gasteiger partial charge in [-0.1, -0.05) is 30.3 Å². The number of rotatable bonds is 6. The van der Waals surface area contributed by atoms with Gasteiger partial charge in [-0.15, -0.1) is 0 Å². The molecule has 2 fully saturated rings. The van der Waals surface area contributed by atoms with E-state index in [9.17, 15) is 23.0 Å². The first-order chi connectivity index (χ1) is 14.8. The zero-order chi connectivity index (χ0) is 22.1. The highest BCUT2D eigenvalue weighted by atomic mass is 32.2. The third-order valence-electron chi connectivity index (χ3n) is 6.11. The lowest BCUT2D eigenvalue weighted by Crippen LogP contribution is -2.56. The summed E-state index contributed by atoms with van der Waals surface area (Å²) < 4.78 is 39.9. The molecule has 2 saturated heterocycles. The second kappa shape index (κ2) is 8.93. The molecule has 0 bridgehead atoms. The molecule has 0 aromatic heterocycles. The van der Waals surface area contributed by atoms with E-state index in [2.05, 4.69) is 9.80 Å². The highest BCUT2D eigenvalue weighted by Crippen LogP contribution is 2.29. The van der Waals surface area contributed by atoms with Gasteiger partial charge < -0.3 is 10.2 Å². The van der Waals surface area contributed by atoms with Crippen LogP contribution in [0, 0.1) is 5.82 Å². The van der Waals surface area contributed by atoms with Crippen molar-refractivity contribution in [1.82, 2.24) is 14.1 Å². The fourth-order valence-corrected chi connectivity index (χ4v) is 5.79. The van der Waals surface area contributed by atoms with Crippen LogP contribution in [0.5, 0.6) is 0 Å². The van der Waals surface area contributed by atoms with Crippen LogP contribution in [0.4, 0.5) is 4.39 Å². The zero-order valence-corrected chi connectivity index (χ0v) is 18.1. The van der Waals surface area contributed by atoms with Gasteiger partial charge in [0, 0.05) is 52.4 Å². The lowest BCUT2D eigenvalue weighted by molar-refractivity contribution is -0.0670. The van der Waals surface area contributed by atoms with Gasteiger partial charge in [0.2, 0.25) is 10.0 Å². The van der Waals surface area contributed by atoms with Crippen molar-refractivity contribution in [2.45, 2.75) is 23.1 Å². The maximum atomic E-state index is 13.1. The Hall–Kier alpha value is -1.88. The van der Waals surface area contributed by atoms with E-state index in [0.717, 1.165) is 29.5 Å². The predicted molar refractivity (Wildman–Crippen MR) is 114 cm³/mol. The summed E-state index contributed by atoms with van der Waals surface area (Å²) in [6, 6.07) is 14.5. The van der Waals surface area contributed by atoms with Crippen molar-refractivity contribution in [2.75, 3.05) is 45.8 Å². The maximum absolute atomic E-state index is 13.1. The second-order valence-electron chi connectivity index (χ2n) is 8.41. The van der Waals surface area contributed by atoms with E-state index in [0.29, 0.717) is 13.1 Å². The molecule has 4 rings (SSSR count). The summed E-state index contributed by atoms with van der Waals surface area (Å²) in [6.45, 7) is 3.61. The number of aliphatic hydroxyl groups is 2. The molecule has 0 amide bonds. The quantitative estimate of drug-likeness (QED) is 0.677. The summed E-state index contributed by atoms with van der Waals surface area (Å²) in [5, 5.41) is 21.6. The average molecular weight is 450 g/mol. The monoisotopic (exact) mass is 449 g/mol. The molecule has 2 N–H and O–H groups in total. The number of nitrogens with zero attached hydrogens (tertiary/aromatic N) is 3. The molecule has 2 aromatic carbocycles. The van der Waals surface area contributed by atoms with Crippen molar-refractivity contribution in [2.24, 2.45) is 0 Å². The largest absolute Gasteiger partial charge is 0.389 e. The van der Waals surface area contributed by atoms with E-state index < -0.39 is 21.7 Å². The highest BCUT2D eigenvalue weighted by Gasteiger charge is 2.49. The van der Waals surface area contributed by atoms with Crippen molar-refractivity contribution in [3.63, 3.8) is 0 Å². The third-order valence-corrected chi connectivity index (χ3v) is 7.94. The Morgan fingerprint density at radius 3 is 2.23 bits per heavy atom. The predicted octanol–water partition coefficient (Wildman–Crippen LogP) is 0.740. The van der Waals surface area contributed by atoms with E-state index in [1.165, 1.54) is 24.3 Å². The molecule has 31 heavy (non-hydrogen) atoms. The number of benzene rings is 2. The molecule has 0 unspecified atom stereocenters. The van der Waals surface area contributed by atoms with Crippen molar-refractivity contribution in [1.29, 1.82) is 0 Å². The van der Waals surface area contributed by atoms with Gasteiger partial charge in [-0.2, -0.15) is 4.31 Å². The molecule has 7 nitrogen and oxygen atoms in total. The minimum absolute atomic E-state index is 0.127. The molecule has 0 radical (unpaired) electrons. The Morgan fingerprint density at radius 2 is 1.58 bits per heavy atom. The molecule has 0 saturated carbocycles. The number of hydrogen-bond donors (Lipinski definition) is 2. The Balaban J connectivity index is 1.33. The molecular weight excluding hydrogens is 421 g/mol. The van der Waals surface area contributed by atoms with Gasteiger partial charge in [-0.3, -0.25) is 9.80 Å². The Bertz CT molecular complexity index is 982. The average Bonchev–Trinajstić information content (AvgIpc) is 3.07. The van der Waals surface area contributed by atoms with Crippen LogP contribution in [0.2, 0.25) is 0 Å².